The highest BCUT2D eigenvalue weighted by atomic mass is 32.1. The topological polar surface area (TPSA) is 113 Å². The van der Waals surface area contributed by atoms with Crippen molar-refractivity contribution in [2.45, 2.75) is 0 Å². The highest BCUT2D eigenvalue weighted by Gasteiger charge is 2.21. The third kappa shape index (κ3) is 1.62. The van der Waals surface area contributed by atoms with Crippen molar-refractivity contribution < 1.29 is 0 Å². The van der Waals surface area contributed by atoms with E-state index in [1.54, 1.807) is 0 Å². The van der Waals surface area contributed by atoms with Crippen LogP contribution in [-0.4, -0.2) is 4.98 Å². The van der Waals surface area contributed by atoms with Gasteiger partial charge in [0, 0.05) is 15.8 Å². The standard InChI is InChI=1S/C13H7N5S2/c14-4-6-9(7-2-1-3-19-7)10-11(16)8(5-15)20-13(10)18-12(6)17/h1-3H,16H2,(H2,17,18). The highest BCUT2D eigenvalue weighted by molar-refractivity contribution is 7.20. The van der Waals surface area contributed by atoms with Gasteiger partial charge in [-0.1, -0.05) is 6.07 Å². The van der Waals surface area contributed by atoms with Gasteiger partial charge in [0.1, 0.15) is 33.2 Å². The van der Waals surface area contributed by atoms with Crippen molar-refractivity contribution in [3.63, 3.8) is 0 Å². The number of rotatable bonds is 1. The molecule has 0 radical (unpaired) electrons. The van der Waals surface area contributed by atoms with E-state index >= 15 is 0 Å². The molecule has 0 spiro atoms. The molecule has 20 heavy (non-hydrogen) atoms. The van der Waals surface area contributed by atoms with Crippen molar-refractivity contribution in [1.29, 1.82) is 10.5 Å². The van der Waals surface area contributed by atoms with Crippen molar-refractivity contribution in [3.8, 4) is 22.6 Å². The maximum Gasteiger partial charge on any atom is 0.143 e. The normalized spacial score (nSPS) is 10.3. The fourth-order valence-electron chi connectivity index (χ4n) is 2.03. The summed E-state index contributed by atoms with van der Waals surface area (Å²) in [6.45, 7) is 0. The van der Waals surface area contributed by atoms with Gasteiger partial charge in [0.2, 0.25) is 0 Å². The molecule has 0 aliphatic heterocycles. The third-order valence-electron chi connectivity index (χ3n) is 2.89. The molecule has 3 heterocycles. The number of nitrogen functional groups attached to an aromatic ring is 2. The molecule has 3 rings (SSSR count). The highest BCUT2D eigenvalue weighted by Crippen LogP contribution is 2.43. The van der Waals surface area contributed by atoms with Gasteiger partial charge < -0.3 is 11.5 Å². The van der Waals surface area contributed by atoms with Gasteiger partial charge in [0.05, 0.1) is 5.69 Å². The number of nitrogens with zero attached hydrogens (tertiary/aromatic N) is 3. The summed E-state index contributed by atoms with van der Waals surface area (Å²) in [4.78, 5) is 6.05. The Balaban J connectivity index is 2.55. The number of anilines is 2. The first-order chi connectivity index (χ1) is 9.67. The number of aromatic nitrogens is 1. The first kappa shape index (κ1) is 12.4. The summed E-state index contributed by atoms with van der Waals surface area (Å²) in [6.07, 6.45) is 0. The fraction of sp³-hybridized carbons (Fsp3) is 0. The minimum Gasteiger partial charge on any atom is -0.396 e. The minimum absolute atomic E-state index is 0.161. The molecule has 0 aliphatic rings. The molecule has 0 amide bonds. The molecule has 0 fully saturated rings. The summed E-state index contributed by atoms with van der Waals surface area (Å²) in [5, 5.41) is 21.0. The van der Waals surface area contributed by atoms with Gasteiger partial charge in [-0.15, -0.1) is 22.7 Å². The Morgan fingerprint density at radius 3 is 2.60 bits per heavy atom. The monoisotopic (exact) mass is 297 g/mol. The van der Waals surface area contributed by atoms with Gasteiger partial charge in [-0.2, -0.15) is 10.5 Å². The van der Waals surface area contributed by atoms with E-state index in [2.05, 4.69) is 11.1 Å². The van der Waals surface area contributed by atoms with Gasteiger partial charge in [-0.05, 0) is 11.4 Å². The van der Waals surface area contributed by atoms with Crippen molar-refractivity contribution in [2.75, 3.05) is 11.5 Å². The number of thiophene rings is 2. The molecule has 0 aromatic carbocycles. The van der Waals surface area contributed by atoms with E-state index in [0.29, 0.717) is 31.9 Å². The van der Waals surface area contributed by atoms with Crippen molar-refractivity contribution in [3.05, 3.63) is 28.0 Å². The minimum atomic E-state index is 0.161. The quantitative estimate of drug-likeness (QED) is 0.717. The van der Waals surface area contributed by atoms with Crippen molar-refractivity contribution >= 4 is 44.4 Å². The number of pyridine rings is 1. The molecule has 5 nitrogen and oxygen atoms in total. The zero-order chi connectivity index (χ0) is 14.3. The SMILES string of the molecule is N#Cc1sc2nc(N)c(C#N)c(-c3cccs3)c2c1N. The van der Waals surface area contributed by atoms with Gasteiger partial charge in [0.15, 0.2) is 0 Å². The molecule has 3 aromatic heterocycles. The number of hydrogen-bond acceptors (Lipinski definition) is 7. The van der Waals surface area contributed by atoms with Gasteiger partial charge in [-0.3, -0.25) is 0 Å². The smallest absolute Gasteiger partial charge is 0.143 e. The molecule has 0 bridgehead atoms. The van der Waals surface area contributed by atoms with Crippen LogP contribution in [0.5, 0.6) is 0 Å². The van der Waals surface area contributed by atoms with Crippen LogP contribution in [0.1, 0.15) is 10.4 Å². The third-order valence-corrected chi connectivity index (χ3v) is 4.78. The van der Waals surface area contributed by atoms with Crippen LogP contribution in [0.3, 0.4) is 0 Å². The van der Waals surface area contributed by atoms with Gasteiger partial charge in [-0.25, -0.2) is 4.98 Å². The van der Waals surface area contributed by atoms with Crippen molar-refractivity contribution in [1.82, 2.24) is 4.98 Å². The Hall–Kier alpha value is -2.61. The molecule has 0 atom stereocenters. The second-order valence-electron chi connectivity index (χ2n) is 3.97. The number of fused-ring (bicyclic) bond motifs is 1. The molecule has 96 valence electrons. The van der Waals surface area contributed by atoms with Gasteiger partial charge >= 0.3 is 0 Å². The van der Waals surface area contributed by atoms with E-state index in [1.807, 2.05) is 23.6 Å². The van der Waals surface area contributed by atoms with Crippen LogP contribution >= 0.6 is 22.7 Å². The summed E-state index contributed by atoms with van der Waals surface area (Å²) in [5.41, 5.74) is 13.2. The molecule has 0 unspecified atom stereocenters. The first-order valence-corrected chi connectivity index (χ1v) is 7.22. The predicted molar refractivity (Wildman–Crippen MR) is 81.2 cm³/mol. The Morgan fingerprint density at radius 2 is 2.00 bits per heavy atom. The largest absolute Gasteiger partial charge is 0.396 e. The van der Waals surface area contributed by atoms with Crippen LogP contribution in [0.2, 0.25) is 0 Å². The number of nitriles is 2. The van der Waals surface area contributed by atoms with Crippen LogP contribution in [0.4, 0.5) is 11.5 Å². The molecular formula is C13H7N5S2. The summed E-state index contributed by atoms with van der Waals surface area (Å²) >= 11 is 2.67. The molecule has 0 saturated carbocycles. The van der Waals surface area contributed by atoms with Crippen LogP contribution in [0.25, 0.3) is 20.7 Å². The van der Waals surface area contributed by atoms with Crippen LogP contribution < -0.4 is 11.5 Å². The van der Waals surface area contributed by atoms with E-state index < -0.39 is 0 Å². The van der Waals surface area contributed by atoms with Crippen LogP contribution in [-0.2, 0) is 0 Å². The Kier molecular flexibility index (Phi) is 2.79. The van der Waals surface area contributed by atoms with Crippen molar-refractivity contribution in [2.24, 2.45) is 0 Å². The zero-order valence-electron chi connectivity index (χ0n) is 10.0. The molecule has 3 aromatic rings. The molecule has 0 saturated heterocycles. The second-order valence-corrected chi connectivity index (χ2v) is 5.92. The average Bonchev–Trinajstić information content (AvgIpc) is 3.06. The summed E-state index contributed by atoms with van der Waals surface area (Å²) < 4.78 is 0. The summed E-state index contributed by atoms with van der Waals surface area (Å²) in [7, 11) is 0. The van der Waals surface area contributed by atoms with Crippen LogP contribution in [0, 0.1) is 22.7 Å². The number of hydrogen-bond donors (Lipinski definition) is 2. The molecule has 7 heteroatoms. The summed E-state index contributed by atoms with van der Waals surface area (Å²) in [6, 6.07) is 7.91. The lowest BCUT2D eigenvalue weighted by atomic mass is 10.0. The van der Waals surface area contributed by atoms with E-state index in [-0.39, 0.29) is 5.82 Å². The average molecular weight is 297 g/mol. The summed E-state index contributed by atoms with van der Waals surface area (Å²) in [5.74, 6) is 0.161. The van der Waals surface area contributed by atoms with E-state index in [4.69, 9.17) is 16.7 Å². The second kappa shape index (κ2) is 4.49. The van der Waals surface area contributed by atoms with Gasteiger partial charge in [0.25, 0.3) is 0 Å². The molecule has 0 aliphatic carbocycles. The van der Waals surface area contributed by atoms with E-state index in [0.717, 1.165) is 4.88 Å². The number of nitrogens with two attached hydrogens (primary N) is 2. The first-order valence-electron chi connectivity index (χ1n) is 5.53. The Labute approximate surface area is 122 Å². The predicted octanol–water partition coefficient (Wildman–Crippen LogP) is 2.93. The molecular weight excluding hydrogens is 290 g/mol. The lowest BCUT2D eigenvalue weighted by molar-refractivity contribution is 1.40. The van der Waals surface area contributed by atoms with Crippen LogP contribution in [0.15, 0.2) is 17.5 Å². The Bertz CT molecular complexity index is 894. The molecule has 4 N–H and O–H groups in total. The Morgan fingerprint density at radius 1 is 1.20 bits per heavy atom. The zero-order valence-corrected chi connectivity index (χ0v) is 11.7. The van der Waals surface area contributed by atoms with E-state index in [1.165, 1.54) is 22.7 Å². The maximum atomic E-state index is 9.34. The lowest BCUT2D eigenvalue weighted by Gasteiger charge is -2.07. The van der Waals surface area contributed by atoms with E-state index in [9.17, 15) is 5.26 Å². The fourth-order valence-corrected chi connectivity index (χ4v) is 3.73. The lowest BCUT2D eigenvalue weighted by Crippen LogP contribution is -1.98. The maximum absolute atomic E-state index is 9.34.